The molecule has 1 aliphatic carbocycles. The molecule has 106 valence electrons. The Balaban J connectivity index is 2.04. The number of ether oxygens (including phenoxy) is 2. The fourth-order valence-corrected chi connectivity index (χ4v) is 3.29. The van der Waals surface area contributed by atoms with Crippen LogP contribution in [-0.4, -0.2) is 38.5 Å². The molecule has 0 amide bonds. The summed E-state index contributed by atoms with van der Waals surface area (Å²) < 4.78 is 11.6. The minimum atomic E-state index is 0.293. The lowest BCUT2D eigenvalue weighted by molar-refractivity contribution is -0.00568. The fourth-order valence-electron chi connectivity index (χ4n) is 3.29. The molecular formula is C15H29NO2. The highest BCUT2D eigenvalue weighted by Crippen LogP contribution is 2.50. The highest BCUT2D eigenvalue weighted by Gasteiger charge is 2.51. The van der Waals surface area contributed by atoms with Crippen molar-refractivity contribution in [1.29, 1.82) is 0 Å². The van der Waals surface area contributed by atoms with Crippen LogP contribution in [0.25, 0.3) is 0 Å². The van der Waals surface area contributed by atoms with Crippen LogP contribution in [0.2, 0.25) is 0 Å². The van der Waals surface area contributed by atoms with Crippen molar-refractivity contribution in [3.63, 3.8) is 0 Å². The summed E-state index contributed by atoms with van der Waals surface area (Å²) in [4.78, 5) is 0. The molecule has 0 radical (unpaired) electrons. The topological polar surface area (TPSA) is 30.5 Å². The summed E-state index contributed by atoms with van der Waals surface area (Å²) in [5, 5.41) is 3.63. The second kappa shape index (κ2) is 5.89. The van der Waals surface area contributed by atoms with Crippen LogP contribution in [0, 0.1) is 11.3 Å². The van der Waals surface area contributed by atoms with Crippen LogP contribution in [0.1, 0.15) is 46.5 Å². The van der Waals surface area contributed by atoms with Crippen LogP contribution in [-0.2, 0) is 9.47 Å². The lowest BCUT2D eigenvalue weighted by Gasteiger charge is -2.37. The molecule has 0 aromatic carbocycles. The van der Waals surface area contributed by atoms with Gasteiger partial charge < -0.3 is 14.8 Å². The van der Waals surface area contributed by atoms with E-state index in [4.69, 9.17) is 9.47 Å². The molecule has 1 aliphatic heterocycles. The molecule has 0 aromatic heterocycles. The number of hydrogen-bond donors (Lipinski definition) is 1. The SMILES string of the molecule is COC(C)CC1(CNC(C)C)CCOC1C1CC1. The molecule has 1 N–H and O–H groups in total. The van der Waals surface area contributed by atoms with Crippen LogP contribution in [0.4, 0.5) is 0 Å². The molecule has 18 heavy (non-hydrogen) atoms. The maximum Gasteiger partial charge on any atom is 0.0673 e. The van der Waals surface area contributed by atoms with E-state index in [-0.39, 0.29) is 0 Å². The molecular weight excluding hydrogens is 226 g/mol. The summed E-state index contributed by atoms with van der Waals surface area (Å²) in [5.41, 5.74) is 0.293. The summed E-state index contributed by atoms with van der Waals surface area (Å²) in [6, 6.07) is 0.542. The number of methoxy groups -OCH3 is 1. The van der Waals surface area contributed by atoms with Gasteiger partial charge in [0.2, 0.25) is 0 Å². The summed E-state index contributed by atoms with van der Waals surface area (Å²) in [7, 11) is 1.82. The molecule has 1 saturated carbocycles. The fraction of sp³-hybridized carbons (Fsp3) is 1.00. The average molecular weight is 255 g/mol. The number of hydrogen-bond acceptors (Lipinski definition) is 3. The van der Waals surface area contributed by atoms with E-state index in [2.05, 4.69) is 26.1 Å². The highest BCUT2D eigenvalue weighted by atomic mass is 16.5. The summed E-state index contributed by atoms with van der Waals surface area (Å²) in [5.74, 6) is 0.811. The predicted molar refractivity (Wildman–Crippen MR) is 73.7 cm³/mol. The smallest absolute Gasteiger partial charge is 0.0673 e. The summed E-state index contributed by atoms with van der Waals surface area (Å²) in [6.45, 7) is 8.61. The first kappa shape index (κ1) is 14.3. The summed E-state index contributed by atoms with van der Waals surface area (Å²) >= 11 is 0. The standard InChI is InChI=1S/C15H29NO2/c1-11(2)16-10-15(9-12(3)17-4)7-8-18-14(15)13-5-6-13/h11-14,16H,5-10H2,1-4H3. The van der Waals surface area contributed by atoms with Gasteiger partial charge in [-0.1, -0.05) is 13.8 Å². The molecule has 3 nitrogen and oxygen atoms in total. The minimum absolute atomic E-state index is 0.293. The Labute approximate surface area is 112 Å². The second-order valence-corrected chi connectivity index (χ2v) is 6.53. The van der Waals surface area contributed by atoms with Gasteiger partial charge in [0.1, 0.15) is 0 Å². The van der Waals surface area contributed by atoms with Gasteiger partial charge in [-0.3, -0.25) is 0 Å². The number of nitrogens with one attached hydrogen (secondary N) is 1. The Morgan fingerprint density at radius 1 is 1.33 bits per heavy atom. The molecule has 1 saturated heterocycles. The van der Waals surface area contributed by atoms with Crippen molar-refractivity contribution < 1.29 is 9.47 Å². The predicted octanol–water partition coefficient (Wildman–Crippen LogP) is 2.59. The first-order chi connectivity index (χ1) is 8.57. The maximum absolute atomic E-state index is 6.07. The highest BCUT2D eigenvalue weighted by molar-refractivity contribution is 5.01. The average Bonchev–Trinajstić information content (AvgIpc) is 3.09. The van der Waals surface area contributed by atoms with Crippen LogP contribution in [0.5, 0.6) is 0 Å². The van der Waals surface area contributed by atoms with E-state index >= 15 is 0 Å². The van der Waals surface area contributed by atoms with Gasteiger partial charge in [0.25, 0.3) is 0 Å². The van der Waals surface area contributed by atoms with E-state index in [1.165, 1.54) is 19.3 Å². The van der Waals surface area contributed by atoms with Crippen molar-refractivity contribution in [1.82, 2.24) is 5.32 Å². The van der Waals surface area contributed by atoms with Crippen LogP contribution in [0.3, 0.4) is 0 Å². The normalized spacial score (nSPS) is 34.2. The molecule has 0 aromatic rings. The Morgan fingerprint density at radius 2 is 2.06 bits per heavy atom. The minimum Gasteiger partial charge on any atom is -0.382 e. The van der Waals surface area contributed by atoms with Gasteiger partial charge in [-0.2, -0.15) is 0 Å². The molecule has 3 atom stereocenters. The van der Waals surface area contributed by atoms with E-state index < -0.39 is 0 Å². The monoisotopic (exact) mass is 255 g/mol. The van der Waals surface area contributed by atoms with Gasteiger partial charge in [-0.05, 0) is 38.5 Å². The third-order valence-electron chi connectivity index (χ3n) is 4.51. The van der Waals surface area contributed by atoms with Gasteiger partial charge >= 0.3 is 0 Å². The van der Waals surface area contributed by atoms with Gasteiger partial charge in [0, 0.05) is 31.7 Å². The first-order valence-electron chi connectivity index (χ1n) is 7.45. The molecule has 0 spiro atoms. The van der Waals surface area contributed by atoms with Crippen LogP contribution < -0.4 is 5.32 Å². The maximum atomic E-state index is 6.07. The van der Waals surface area contributed by atoms with E-state index in [0.29, 0.717) is 23.7 Å². The van der Waals surface area contributed by atoms with Gasteiger partial charge in [-0.15, -0.1) is 0 Å². The molecule has 2 aliphatic rings. The lowest BCUT2D eigenvalue weighted by Crippen LogP contribution is -2.45. The van der Waals surface area contributed by atoms with E-state index in [1.54, 1.807) is 0 Å². The molecule has 2 rings (SSSR count). The van der Waals surface area contributed by atoms with Crippen LogP contribution in [0.15, 0.2) is 0 Å². The second-order valence-electron chi connectivity index (χ2n) is 6.53. The van der Waals surface area contributed by atoms with Crippen molar-refractivity contribution >= 4 is 0 Å². The van der Waals surface area contributed by atoms with Gasteiger partial charge in [0.15, 0.2) is 0 Å². The third-order valence-corrected chi connectivity index (χ3v) is 4.51. The largest absolute Gasteiger partial charge is 0.382 e. The number of rotatable bonds is 7. The first-order valence-corrected chi connectivity index (χ1v) is 7.45. The summed E-state index contributed by atoms with van der Waals surface area (Å²) in [6.07, 6.45) is 5.79. The van der Waals surface area contributed by atoms with Crippen LogP contribution >= 0.6 is 0 Å². The third kappa shape index (κ3) is 3.25. The Bertz CT molecular complexity index is 265. The van der Waals surface area contributed by atoms with E-state index in [1.807, 2.05) is 7.11 Å². The van der Waals surface area contributed by atoms with Gasteiger partial charge in [0.05, 0.1) is 12.2 Å². The zero-order valence-electron chi connectivity index (χ0n) is 12.4. The molecule has 3 heteroatoms. The Kier molecular flexibility index (Phi) is 4.68. The molecule has 2 fully saturated rings. The van der Waals surface area contributed by atoms with Crippen molar-refractivity contribution in [2.24, 2.45) is 11.3 Å². The van der Waals surface area contributed by atoms with Crippen molar-refractivity contribution in [2.45, 2.75) is 64.7 Å². The quantitative estimate of drug-likeness (QED) is 0.758. The zero-order chi connectivity index (χ0) is 13.2. The molecule has 0 bridgehead atoms. The Morgan fingerprint density at radius 3 is 2.61 bits per heavy atom. The molecule has 1 heterocycles. The zero-order valence-corrected chi connectivity index (χ0v) is 12.4. The van der Waals surface area contributed by atoms with Crippen molar-refractivity contribution in [3.8, 4) is 0 Å². The molecule has 3 unspecified atom stereocenters. The lowest BCUT2D eigenvalue weighted by atomic mass is 9.74. The van der Waals surface area contributed by atoms with E-state index in [0.717, 1.165) is 25.5 Å². The van der Waals surface area contributed by atoms with Gasteiger partial charge in [-0.25, -0.2) is 0 Å². The Hall–Kier alpha value is -0.120. The van der Waals surface area contributed by atoms with Crippen molar-refractivity contribution in [2.75, 3.05) is 20.3 Å². The van der Waals surface area contributed by atoms with E-state index in [9.17, 15) is 0 Å². The van der Waals surface area contributed by atoms with Crippen molar-refractivity contribution in [3.05, 3.63) is 0 Å².